The maximum Gasteiger partial charge on any atom is 0.339 e. The molecule has 0 saturated heterocycles. The van der Waals surface area contributed by atoms with Crippen LogP contribution in [0.1, 0.15) is 22.8 Å². The monoisotopic (exact) mass is 429 g/mol. The molecule has 6 nitrogen and oxygen atoms in total. The predicted molar refractivity (Wildman–Crippen MR) is 118 cm³/mol. The van der Waals surface area contributed by atoms with Gasteiger partial charge in [0, 0.05) is 29.9 Å². The van der Waals surface area contributed by atoms with Crippen LogP contribution in [0.15, 0.2) is 79.1 Å². The van der Waals surface area contributed by atoms with Crippen molar-refractivity contribution in [1.82, 2.24) is 15.3 Å². The van der Waals surface area contributed by atoms with Crippen LogP contribution < -0.4 is 5.32 Å². The molecule has 1 N–H and O–H groups in total. The van der Waals surface area contributed by atoms with E-state index in [1.807, 2.05) is 18.2 Å². The van der Waals surface area contributed by atoms with Gasteiger partial charge in [0.2, 0.25) is 0 Å². The number of rotatable bonds is 6. The van der Waals surface area contributed by atoms with Crippen LogP contribution in [0.4, 0.5) is 4.39 Å². The first-order valence-corrected chi connectivity index (χ1v) is 10.0. The van der Waals surface area contributed by atoms with Gasteiger partial charge >= 0.3 is 5.97 Å². The maximum atomic E-state index is 13.0. The zero-order valence-electron chi connectivity index (χ0n) is 17.3. The first-order valence-electron chi connectivity index (χ1n) is 10.0. The molecule has 0 spiro atoms. The van der Waals surface area contributed by atoms with E-state index in [1.165, 1.54) is 19.1 Å². The van der Waals surface area contributed by atoms with Crippen molar-refractivity contribution in [2.24, 2.45) is 0 Å². The first kappa shape index (κ1) is 21.1. The van der Waals surface area contributed by atoms with Crippen LogP contribution in [0.25, 0.3) is 22.2 Å². The SMILES string of the molecule is CC(OC(=O)c1cc(-c2ccncc2)nc2ccccc12)C(=O)NCc1ccc(F)cc1. The zero-order chi connectivity index (χ0) is 22.5. The van der Waals surface area contributed by atoms with Crippen LogP contribution in [0, 0.1) is 5.82 Å². The van der Waals surface area contributed by atoms with E-state index >= 15 is 0 Å². The Kier molecular flexibility index (Phi) is 6.17. The lowest BCUT2D eigenvalue weighted by molar-refractivity contribution is -0.129. The Morgan fingerprint density at radius 3 is 2.50 bits per heavy atom. The van der Waals surface area contributed by atoms with Crippen molar-refractivity contribution < 1.29 is 18.7 Å². The number of hydrogen-bond acceptors (Lipinski definition) is 5. The lowest BCUT2D eigenvalue weighted by Crippen LogP contribution is -2.35. The summed E-state index contributed by atoms with van der Waals surface area (Å²) < 4.78 is 18.5. The number of amides is 1. The second-order valence-corrected chi connectivity index (χ2v) is 7.20. The van der Waals surface area contributed by atoms with Crippen LogP contribution in [0.5, 0.6) is 0 Å². The molecule has 1 atom stereocenters. The van der Waals surface area contributed by atoms with E-state index in [0.717, 1.165) is 11.1 Å². The van der Waals surface area contributed by atoms with Crippen molar-refractivity contribution in [3.05, 3.63) is 96.1 Å². The van der Waals surface area contributed by atoms with Gasteiger partial charge in [0.25, 0.3) is 5.91 Å². The van der Waals surface area contributed by atoms with E-state index in [1.54, 1.807) is 48.8 Å². The van der Waals surface area contributed by atoms with Gasteiger partial charge in [-0.1, -0.05) is 30.3 Å². The van der Waals surface area contributed by atoms with E-state index in [2.05, 4.69) is 15.3 Å². The smallest absolute Gasteiger partial charge is 0.339 e. The van der Waals surface area contributed by atoms with E-state index in [9.17, 15) is 14.0 Å². The van der Waals surface area contributed by atoms with Crippen molar-refractivity contribution in [3.8, 4) is 11.3 Å². The Hall–Kier alpha value is -4.13. The summed E-state index contributed by atoms with van der Waals surface area (Å²) in [5.74, 6) is -1.42. The van der Waals surface area contributed by atoms with Gasteiger partial charge in [0.15, 0.2) is 6.10 Å². The Morgan fingerprint density at radius 1 is 1.03 bits per heavy atom. The molecule has 4 rings (SSSR count). The number of pyridine rings is 2. The summed E-state index contributed by atoms with van der Waals surface area (Å²) in [4.78, 5) is 34.0. The van der Waals surface area contributed by atoms with E-state index < -0.39 is 18.0 Å². The third-order valence-corrected chi connectivity index (χ3v) is 4.95. The quantitative estimate of drug-likeness (QED) is 0.462. The van der Waals surface area contributed by atoms with Gasteiger partial charge in [0.05, 0.1) is 16.8 Å². The topological polar surface area (TPSA) is 81.2 Å². The molecule has 0 radical (unpaired) electrons. The van der Waals surface area contributed by atoms with Crippen molar-refractivity contribution in [3.63, 3.8) is 0 Å². The number of carbonyl (C=O) groups is 2. The summed E-state index contributed by atoms with van der Waals surface area (Å²) in [5.41, 5.74) is 3.11. The molecule has 2 aromatic carbocycles. The van der Waals surface area contributed by atoms with Crippen molar-refractivity contribution in [2.75, 3.05) is 0 Å². The number of nitrogens with one attached hydrogen (secondary N) is 1. The van der Waals surface area contributed by atoms with Crippen LogP contribution in [0.2, 0.25) is 0 Å². The number of esters is 1. The number of ether oxygens (including phenoxy) is 1. The summed E-state index contributed by atoms with van der Waals surface area (Å²) in [7, 11) is 0. The molecule has 0 aliphatic carbocycles. The molecule has 0 fully saturated rings. The standard InChI is InChI=1S/C25H20FN3O3/c1-16(24(30)28-15-17-6-8-19(26)9-7-17)32-25(31)21-14-23(18-10-12-27-13-11-18)29-22-5-3-2-4-20(21)22/h2-14,16H,15H2,1H3,(H,28,30). The predicted octanol–water partition coefficient (Wildman–Crippen LogP) is 4.30. The summed E-state index contributed by atoms with van der Waals surface area (Å²) >= 11 is 0. The molecular formula is C25H20FN3O3. The Balaban J connectivity index is 1.52. The van der Waals surface area contributed by atoms with Crippen LogP contribution in [-0.2, 0) is 16.1 Å². The highest BCUT2D eigenvalue weighted by Crippen LogP contribution is 2.25. The highest BCUT2D eigenvalue weighted by Gasteiger charge is 2.21. The average Bonchev–Trinajstić information content (AvgIpc) is 2.83. The third kappa shape index (κ3) is 4.78. The zero-order valence-corrected chi connectivity index (χ0v) is 17.3. The highest BCUT2D eigenvalue weighted by atomic mass is 19.1. The lowest BCUT2D eigenvalue weighted by Gasteiger charge is -2.15. The third-order valence-electron chi connectivity index (χ3n) is 4.95. The Morgan fingerprint density at radius 2 is 1.75 bits per heavy atom. The molecule has 7 heteroatoms. The van der Waals surface area contributed by atoms with Crippen molar-refractivity contribution in [1.29, 1.82) is 0 Å². The average molecular weight is 429 g/mol. The molecule has 2 aromatic heterocycles. The molecule has 0 saturated carbocycles. The minimum atomic E-state index is -1.01. The summed E-state index contributed by atoms with van der Waals surface area (Å²) in [6.45, 7) is 1.70. The maximum absolute atomic E-state index is 13.0. The largest absolute Gasteiger partial charge is 0.449 e. The van der Waals surface area contributed by atoms with Gasteiger partial charge in [0.1, 0.15) is 5.82 Å². The van der Waals surface area contributed by atoms with Gasteiger partial charge in [-0.3, -0.25) is 9.78 Å². The molecule has 1 amide bonds. The number of aromatic nitrogens is 2. The number of fused-ring (bicyclic) bond motifs is 1. The lowest BCUT2D eigenvalue weighted by atomic mass is 10.0. The molecule has 4 aromatic rings. The molecule has 0 bridgehead atoms. The van der Waals surface area contributed by atoms with E-state index in [4.69, 9.17) is 4.74 Å². The summed E-state index contributed by atoms with van der Waals surface area (Å²) in [6, 6.07) is 18.3. The molecule has 1 unspecified atom stereocenters. The number of benzene rings is 2. The van der Waals surface area contributed by atoms with Crippen LogP contribution in [0.3, 0.4) is 0 Å². The van der Waals surface area contributed by atoms with E-state index in [-0.39, 0.29) is 12.4 Å². The minimum Gasteiger partial charge on any atom is -0.449 e. The second-order valence-electron chi connectivity index (χ2n) is 7.20. The van der Waals surface area contributed by atoms with Crippen LogP contribution in [-0.4, -0.2) is 27.9 Å². The summed E-state index contributed by atoms with van der Waals surface area (Å²) in [6.07, 6.45) is 2.29. The second kappa shape index (κ2) is 9.34. The minimum absolute atomic E-state index is 0.200. The number of hydrogen-bond donors (Lipinski definition) is 1. The number of nitrogens with zero attached hydrogens (tertiary/aromatic N) is 2. The Labute approximate surface area is 184 Å². The normalized spacial score (nSPS) is 11.7. The first-order chi connectivity index (χ1) is 15.5. The number of para-hydroxylation sites is 1. The molecule has 0 aliphatic rings. The number of halogens is 1. The fraction of sp³-hybridized carbons (Fsp3) is 0.120. The fourth-order valence-corrected chi connectivity index (χ4v) is 3.23. The molecule has 0 aliphatic heterocycles. The van der Waals surface area contributed by atoms with Gasteiger partial charge in [-0.25, -0.2) is 14.2 Å². The van der Waals surface area contributed by atoms with Gasteiger partial charge < -0.3 is 10.1 Å². The van der Waals surface area contributed by atoms with Crippen molar-refractivity contribution >= 4 is 22.8 Å². The van der Waals surface area contributed by atoms with Crippen molar-refractivity contribution in [2.45, 2.75) is 19.6 Å². The van der Waals surface area contributed by atoms with E-state index in [0.29, 0.717) is 22.2 Å². The molecule has 160 valence electrons. The Bertz CT molecular complexity index is 1260. The number of carbonyl (C=O) groups excluding carboxylic acids is 2. The van der Waals surface area contributed by atoms with Gasteiger partial charge in [-0.2, -0.15) is 0 Å². The van der Waals surface area contributed by atoms with Crippen LogP contribution >= 0.6 is 0 Å². The molecule has 32 heavy (non-hydrogen) atoms. The highest BCUT2D eigenvalue weighted by molar-refractivity contribution is 6.05. The van der Waals surface area contributed by atoms with Gasteiger partial charge in [-0.05, 0) is 48.9 Å². The van der Waals surface area contributed by atoms with Gasteiger partial charge in [-0.15, -0.1) is 0 Å². The summed E-state index contributed by atoms with van der Waals surface area (Å²) in [5, 5.41) is 3.33. The molecular weight excluding hydrogens is 409 g/mol. The molecule has 2 heterocycles. The fourth-order valence-electron chi connectivity index (χ4n) is 3.23.